The monoisotopic (exact) mass is 409 g/mol. The van der Waals surface area contributed by atoms with Crippen molar-refractivity contribution in [1.29, 1.82) is 0 Å². The summed E-state index contributed by atoms with van der Waals surface area (Å²) in [5.41, 5.74) is 1.16. The highest BCUT2D eigenvalue weighted by molar-refractivity contribution is 9.11. The molecule has 1 heterocycles. The fourth-order valence-corrected chi connectivity index (χ4v) is 2.98. The summed E-state index contributed by atoms with van der Waals surface area (Å²) in [7, 11) is 0. The van der Waals surface area contributed by atoms with Gasteiger partial charge in [-0.05, 0) is 55.6 Å². The number of hydrogen-bond donors (Lipinski definition) is 1. The number of pyridine rings is 1. The molecule has 0 amide bonds. The predicted molar refractivity (Wildman–Crippen MR) is 80.2 cm³/mol. The van der Waals surface area contributed by atoms with Crippen LogP contribution in [-0.2, 0) is 0 Å². The Morgan fingerprint density at radius 2 is 1.83 bits per heavy atom. The molecule has 0 aliphatic rings. The Hall–Kier alpha value is -0.130. The number of nitrogens with zero attached hydrogens (tertiary/aromatic N) is 1. The first-order valence-corrected chi connectivity index (χ1v) is 7.27. The van der Waals surface area contributed by atoms with Crippen LogP contribution < -0.4 is 0 Å². The van der Waals surface area contributed by atoms with Crippen LogP contribution in [0.5, 0.6) is 0 Å². The first-order valence-electron chi connectivity index (χ1n) is 4.93. The van der Waals surface area contributed by atoms with Crippen molar-refractivity contribution in [2.75, 3.05) is 0 Å². The molecule has 94 valence electrons. The standard InChI is InChI=1S/C12H7Br2Cl2NO/c13-7-4-8(14)11(17-5-7)12(18)6-1-2-9(15)10(16)3-6/h1-5,12,18H. The molecule has 2 aromatic rings. The molecule has 0 radical (unpaired) electrons. The minimum Gasteiger partial charge on any atom is -0.382 e. The molecular weight excluding hydrogens is 405 g/mol. The number of aromatic nitrogens is 1. The Bertz CT molecular complexity index is 592. The lowest BCUT2D eigenvalue weighted by Gasteiger charge is -2.13. The van der Waals surface area contributed by atoms with Gasteiger partial charge in [-0.1, -0.05) is 29.3 Å². The van der Waals surface area contributed by atoms with Gasteiger partial charge in [0.15, 0.2) is 0 Å². The molecule has 1 aromatic heterocycles. The van der Waals surface area contributed by atoms with Gasteiger partial charge in [0.1, 0.15) is 6.10 Å². The van der Waals surface area contributed by atoms with Gasteiger partial charge in [0.25, 0.3) is 0 Å². The first-order chi connectivity index (χ1) is 8.49. The molecule has 0 spiro atoms. The maximum absolute atomic E-state index is 10.3. The molecule has 1 unspecified atom stereocenters. The van der Waals surface area contributed by atoms with Gasteiger partial charge in [-0.15, -0.1) is 0 Å². The lowest BCUT2D eigenvalue weighted by Crippen LogP contribution is -2.03. The van der Waals surface area contributed by atoms with Gasteiger partial charge >= 0.3 is 0 Å². The lowest BCUT2D eigenvalue weighted by atomic mass is 10.1. The molecule has 18 heavy (non-hydrogen) atoms. The molecule has 2 rings (SSSR count). The molecule has 0 aliphatic heterocycles. The van der Waals surface area contributed by atoms with Crippen molar-refractivity contribution in [1.82, 2.24) is 4.98 Å². The van der Waals surface area contributed by atoms with Crippen LogP contribution in [0.3, 0.4) is 0 Å². The van der Waals surface area contributed by atoms with Crippen molar-refractivity contribution >= 4 is 55.1 Å². The lowest BCUT2D eigenvalue weighted by molar-refractivity contribution is 0.214. The maximum atomic E-state index is 10.3. The molecule has 0 saturated carbocycles. The first kappa shape index (κ1) is 14.3. The van der Waals surface area contributed by atoms with E-state index in [2.05, 4.69) is 36.8 Å². The van der Waals surface area contributed by atoms with E-state index in [9.17, 15) is 5.11 Å². The van der Waals surface area contributed by atoms with E-state index in [0.29, 0.717) is 21.3 Å². The van der Waals surface area contributed by atoms with Gasteiger partial charge < -0.3 is 5.11 Å². The average Bonchev–Trinajstić information content (AvgIpc) is 2.32. The normalized spacial score (nSPS) is 12.5. The molecular formula is C12H7Br2Cl2NO. The van der Waals surface area contributed by atoms with Crippen LogP contribution in [0.2, 0.25) is 10.0 Å². The van der Waals surface area contributed by atoms with E-state index in [1.165, 1.54) is 0 Å². The molecule has 1 aromatic carbocycles. The zero-order valence-electron chi connectivity index (χ0n) is 8.87. The minimum atomic E-state index is -0.859. The predicted octanol–water partition coefficient (Wildman–Crippen LogP) is 5.00. The number of rotatable bonds is 2. The van der Waals surface area contributed by atoms with Crippen molar-refractivity contribution in [2.24, 2.45) is 0 Å². The van der Waals surface area contributed by atoms with Gasteiger partial charge in [0, 0.05) is 15.1 Å². The van der Waals surface area contributed by atoms with E-state index < -0.39 is 6.10 Å². The molecule has 0 bridgehead atoms. The van der Waals surface area contributed by atoms with Crippen LogP contribution in [0.4, 0.5) is 0 Å². The third-order valence-electron chi connectivity index (χ3n) is 2.35. The number of benzene rings is 1. The third kappa shape index (κ3) is 3.06. The van der Waals surface area contributed by atoms with Crippen LogP contribution in [0.15, 0.2) is 39.4 Å². The second kappa shape index (κ2) is 5.88. The molecule has 1 N–H and O–H groups in total. The smallest absolute Gasteiger partial charge is 0.122 e. The van der Waals surface area contributed by atoms with Gasteiger partial charge in [-0.3, -0.25) is 4.98 Å². The van der Waals surface area contributed by atoms with Crippen molar-refractivity contribution in [3.05, 3.63) is 60.7 Å². The van der Waals surface area contributed by atoms with Gasteiger partial charge in [-0.25, -0.2) is 0 Å². The number of hydrogen-bond acceptors (Lipinski definition) is 2. The topological polar surface area (TPSA) is 33.1 Å². The highest BCUT2D eigenvalue weighted by atomic mass is 79.9. The van der Waals surface area contributed by atoms with Crippen LogP contribution >= 0.6 is 55.1 Å². The summed E-state index contributed by atoms with van der Waals surface area (Å²) in [5, 5.41) is 11.1. The maximum Gasteiger partial charge on any atom is 0.122 e. The molecule has 1 atom stereocenters. The minimum absolute atomic E-state index is 0.404. The number of aliphatic hydroxyl groups excluding tert-OH is 1. The third-order valence-corrected chi connectivity index (χ3v) is 4.16. The fraction of sp³-hybridized carbons (Fsp3) is 0.0833. The Balaban J connectivity index is 2.41. The van der Waals surface area contributed by atoms with E-state index in [1.54, 1.807) is 24.4 Å². The van der Waals surface area contributed by atoms with Crippen molar-refractivity contribution in [3.63, 3.8) is 0 Å². The van der Waals surface area contributed by atoms with E-state index in [-0.39, 0.29) is 0 Å². The summed E-state index contributed by atoms with van der Waals surface area (Å²) in [6, 6.07) is 6.82. The Morgan fingerprint density at radius 3 is 2.44 bits per heavy atom. The Labute approximate surface area is 131 Å². The summed E-state index contributed by atoms with van der Waals surface area (Å²) in [5.74, 6) is 0. The summed E-state index contributed by atoms with van der Waals surface area (Å²) < 4.78 is 1.55. The SMILES string of the molecule is OC(c1ccc(Cl)c(Cl)c1)c1ncc(Br)cc1Br. The molecule has 2 nitrogen and oxygen atoms in total. The summed E-state index contributed by atoms with van der Waals surface area (Å²) in [4.78, 5) is 4.19. The van der Waals surface area contributed by atoms with Crippen LogP contribution in [0, 0.1) is 0 Å². The number of halogens is 4. The highest BCUT2D eigenvalue weighted by Crippen LogP contribution is 2.31. The zero-order chi connectivity index (χ0) is 13.3. The van der Waals surface area contributed by atoms with Crippen molar-refractivity contribution in [3.8, 4) is 0 Å². The Morgan fingerprint density at radius 1 is 1.11 bits per heavy atom. The van der Waals surface area contributed by atoms with Gasteiger partial charge in [0.05, 0.1) is 15.7 Å². The molecule has 0 saturated heterocycles. The molecule has 0 fully saturated rings. The fourth-order valence-electron chi connectivity index (χ4n) is 1.47. The van der Waals surface area contributed by atoms with Gasteiger partial charge in [0.2, 0.25) is 0 Å². The average molecular weight is 412 g/mol. The van der Waals surface area contributed by atoms with Crippen LogP contribution in [0.1, 0.15) is 17.4 Å². The largest absolute Gasteiger partial charge is 0.382 e. The summed E-state index contributed by atoms with van der Waals surface area (Å²) in [6.45, 7) is 0. The van der Waals surface area contributed by atoms with Crippen molar-refractivity contribution in [2.45, 2.75) is 6.10 Å². The molecule has 6 heteroatoms. The van der Waals surface area contributed by atoms with E-state index >= 15 is 0 Å². The zero-order valence-corrected chi connectivity index (χ0v) is 13.6. The second-order valence-electron chi connectivity index (χ2n) is 3.60. The number of aliphatic hydroxyl groups is 1. The summed E-state index contributed by atoms with van der Waals surface area (Å²) >= 11 is 18.4. The van der Waals surface area contributed by atoms with E-state index in [0.717, 1.165) is 8.95 Å². The second-order valence-corrected chi connectivity index (χ2v) is 6.18. The van der Waals surface area contributed by atoms with E-state index in [1.807, 2.05) is 6.07 Å². The van der Waals surface area contributed by atoms with Crippen LogP contribution in [-0.4, -0.2) is 10.1 Å². The van der Waals surface area contributed by atoms with Crippen molar-refractivity contribution < 1.29 is 5.11 Å². The molecule has 0 aliphatic carbocycles. The quantitative estimate of drug-likeness (QED) is 0.754. The van der Waals surface area contributed by atoms with Crippen LogP contribution in [0.25, 0.3) is 0 Å². The highest BCUT2D eigenvalue weighted by Gasteiger charge is 2.16. The van der Waals surface area contributed by atoms with E-state index in [4.69, 9.17) is 23.2 Å². The van der Waals surface area contributed by atoms with Gasteiger partial charge in [-0.2, -0.15) is 0 Å². The summed E-state index contributed by atoms with van der Waals surface area (Å²) in [6.07, 6.45) is 0.767. The Kier molecular flexibility index (Phi) is 4.67.